The van der Waals surface area contributed by atoms with Crippen LogP contribution in [0.3, 0.4) is 0 Å². The fraction of sp³-hybridized carbons (Fsp3) is 0.786. The zero-order chi connectivity index (χ0) is 13.2. The van der Waals surface area contributed by atoms with Crippen LogP contribution < -0.4 is 5.32 Å². The molecule has 1 heterocycles. The zero-order valence-electron chi connectivity index (χ0n) is 11.8. The van der Waals surface area contributed by atoms with Crippen LogP contribution >= 0.6 is 23.1 Å². The first-order chi connectivity index (χ1) is 8.53. The number of nitrogens with zero attached hydrogens (tertiary/aromatic N) is 1. The number of nitrogens with one attached hydrogen (secondary N) is 1. The normalized spacial score (nSPS) is 27.3. The van der Waals surface area contributed by atoms with Crippen LogP contribution in [0.4, 0.5) is 0 Å². The summed E-state index contributed by atoms with van der Waals surface area (Å²) in [5.41, 5.74) is 1.55. The number of hydrogen-bond donors (Lipinski definition) is 1. The summed E-state index contributed by atoms with van der Waals surface area (Å²) in [4.78, 5) is 4.60. The lowest BCUT2D eigenvalue weighted by Crippen LogP contribution is -2.51. The largest absolute Gasteiger partial charge is 0.313 e. The van der Waals surface area contributed by atoms with Crippen LogP contribution in [0.15, 0.2) is 9.72 Å². The van der Waals surface area contributed by atoms with Gasteiger partial charge in [0.2, 0.25) is 0 Å². The lowest BCUT2D eigenvalue weighted by Gasteiger charge is -2.44. The van der Waals surface area contributed by atoms with Crippen molar-refractivity contribution in [1.29, 1.82) is 0 Å². The molecule has 2 unspecified atom stereocenters. The lowest BCUT2D eigenvalue weighted by molar-refractivity contribution is 0.176. The maximum absolute atomic E-state index is 4.60. The van der Waals surface area contributed by atoms with Crippen LogP contribution in [0.25, 0.3) is 0 Å². The van der Waals surface area contributed by atoms with Crippen LogP contribution in [0, 0.1) is 12.3 Å². The fourth-order valence-electron chi connectivity index (χ4n) is 2.85. The van der Waals surface area contributed by atoms with E-state index in [9.17, 15) is 0 Å². The van der Waals surface area contributed by atoms with Crippen LogP contribution in [0.2, 0.25) is 0 Å². The van der Waals surface area contributed by atoms with E-state index in [2.05, 4.69) is 43.4 Å². The van der Waals surface area contributed by atoms with Crippen molar-refractivity contribution in [3.05, 3.63) is 11.1 Å². The second-order valence-electron chi connectivity index (χ2n) is 5.83. The average molecular weight is 284 g/mol. The van der Waals surface area contributed by atoms with Gasteiger partial charge in [0.05, 0.1) is 0 Å². The predicted molar refractivity (Wildman–Crippen MR) is 81.6 cm³/mol. The second kappa shape index (κ2) is 5.93. The van der Waals surface area contributed by atoms with Crippen LogP contribution in [-0.2, 0) is 0 Å². The van der Waals surface area contributed by atoms with Gasteiger partial charge in [-0.3, -0.25) is 0 Å². The van der Waals surface area contributed by atoms with Gasteiger partial charge >= 0.3 is 0 Å². The van der Waals surface area contributed by atoms with Gasteiger partial charge in [-0.25, -0.2) is 4.98 Å². The van der Waals surface area contributed by atoms with E-state index in [0.717, 1.165) is 12.2 Å². The van der Waals surface area contributed by atoms with Crippen LogP contribution in [0.1, 0.15) is 45.7 Å². The minimum absolute atomic E-state index is 0.401. The van der Waals surface area contributed by atoms with Crippen molar-refractivity contribution in [2.45, 2.75) is 62.6 Å². The van der Waals surface area contributed by atoms with E-state index in [1.807, 2.05) is 11.8 Å². The third-order valence-electron chi connectivity index (χ3n) is 3.80. The molecule has 2 nitrogen and oxygen atoms in total. The van der Waals surface area contributed by atoms with Crippen molar-refractivity contribution < 1.29 is 0 Å². The molecule has 1 saturated carbocycles. The van der Waals surface area contributed by atoms with Crippen LogP contribution in [-0.4, -0.2) is 22.8 Å². The molecule has 0 bridgehead atoms. The van der Waals surface area contributed by atoms with Gasteiger partial charge in [0.1, 0.15) is 4.34 Å². The highest BCUT2D eigenvalue weighted by Gasteiger charge is 2.39. The molecule has 0 spiro atoms. The van der Waals surface area contributed by atoms with E-state index in [0.29, 0.717) is 16.7 Å². The Morgan fingerprint density at radius 1 is 1.56 bits per heavy atom. The number of thioether (sulfide) groups is 1. The van der Waals surface area contributed by atoms with Crippen molar-refractivity contribution in [1.82, 2.24) is 10.3 Å². The summed E-state index contributed by atoms with van der Waals surface area (Å²) in [7, 11) is 0. The molecule has 0 saturated heterocycles. The highest BCUT2D eigenvalue weighted by Crippen LogP contribution is 2.43. The van der Waals surface area contributed by atoms with Gasteiger partial charge in [0.25, 0.3) is 0 Å². The molecule has 0 amide bonds. The molecule has 0 radical (unpaired) electrons. The standard InChI is InChI=1S/C14H24N2S2/c1-5-15-12-11(7-6-8-14(12,3)4)18-13-16-10(2)9-17-13/h9,11-12,15H,5-8H2,1-4H3. The van der Waals surface area contributed by atoms with E-state index < -0.39 is 0 Å². The van der Waals surface area contributed by atoms with Gasteiger partial charge in [0.15, 0.2) is 0 Å². The Hall–Kier alpha value is -0.0600. The highest BCUT2D eigenvalue weighted by atomic mass is 32.2. The topological polar surface area (TPSA) is 24.9 Å². The summed E-state index contributed by atoms with van der Waals surface area (Å²) in [5, 5.41) is 6.53. The number of aryl methyl sites for hydroxylation is 1. The first-order valence-corrected chi connectivity index (χ1v) is 8.61. The van der Waals surface area contributed by atoms with Crippen molar-refractivity contribution in [3.63, 3.8) is 0 Å². The molecular weight excluding hydrogens is 260 g/mol. The van der Waals surface area contributed by atoms with Gasteiger partial charge in [-0.05, 0) is 31.7 Å². The molecule has 1 N–H and O–H groups in total. The smallest absolute Gasteiger partial charge is 0.150 e. The van der Waals surface area contributed by atoms with E-state index in [1.165, 1.54) is 23.6 Å². The molecule has 4 heteroatoms. The number of rotatable bonds is 4. The highest BCUT2D eigenvalue weighted by molar-refractivity contribution is 8.01. The second-order valence-corrected chi connectivity index (χ2v) is 8.17. The fourth-order valence-corrected chi connectivity index (χ4v) is 5.45. The van der Waals surface area contributed by atoms with Crippen molar-refractivity contribution in [3.8, 4) is 0 Å². The molecule has 2 atom stereocenters. The molecule has 18 heavy (non-hydrogen) atoms. The maximum Gasteiger partial charge on any atom is 0.150 e. The Balaban J connectivity index is 2.09. The lowest BCUT2D eigenvalue weighted by atomic mass is 9.73. The molecule has 0 aromatic carbocycles. The number of aromatic nitrogens is 1. The molecule has 0 aliphatic heterocycles. The van der Waals surface area contributed by atoms with Gasteiger partial charge < -0.3 is 5.32 Å². The average Bonchev–Trinajstić information content (AvgIpc) is 2.69. The summed E-state index contributed by atoms with van der Waals surface area (Å²) in [6.07, 6.45) is 3.99. The maximum atomic E-state index is 4.60. The first-order valence-electron chi connectivity index (χ1n) is 6.85. The third-order valence-corrected chi connectivity index (χ3v) is 6.23. The summed E-state index contributed by atoms with van der Waals surface area (Å²) < 4.78 is 1.23. The zero-order valence-corrected chi connectivity index (χ0v) is 13.5. The van der Waals surface area contributed by atoms with Crippen molar-refractivity contribution in [2.75, 3.05) is 6.54 Å². The van der Waals surface area contributed by atoms with Crippen molar-refractivity contribution >= 4 is 23.1 Å². The quantitative estimate of drug-likeness (QED) is 0.901. The van der Waals surface area contributed by atoms with Gasteiger partial charge in [-0.2, -0.15) is 0 Å². The Morgan fingerprint density at radius 2 is 2.33 bits per heavy atom. The molecule has 2 rings (SSSR count). The first kappa shape index (κ1) is 14.4. The molecule has 1 aliphatic carbocycles. The Bertz CT molecular complexity index is 387. The summed E-state index contributed by atoms with van der Waals surface area (Å²) in [5.74, 6) is 0. The Labute approximate surface area is 119 Å². The predicted octanol–water partition coefficient (Wildman–Crippen LogP) is 4.10. The summed E-state index contributed by atoms with van der Waals surface area (Å²) >= 11 is 3.77. The monoisotopic (exact) mass is 284 g/mol. The SMILES string of the molecule is CCNC1C(Sc2nc(C)cs2)CCCC1(C)C. The van der Waals surface area contributed by atoms with Gasteiger partial charge in [-0.1, -0.05) is 39.0 Å². The van der Waals surface area contributed by atoms with E-state index >= 15 is 0 Å². The Morgan fingerprint density at radius 3 is 2.94 bits per heavy atom. The van der Waals surface area contributed by atoms with Gasteiger partial charge in [-0.15, -0.1) is 11.3 Å². The van der Waals surface area contributed by atoms with E-state index in [1.54, 1.807) is 11.3 Å². The molecule has 1 aromatic rings. The molecule has 102 valence electrons. The van der Waals surface area contributed by atoms with E-state index in [-0.39, 0.29) is 0 Å². The number of thiazole rings is 1. The summed E-state index contributed by atoms with van der Waals surface area (Å²) in [6, 6.07) is 0.602. The molecule has 1 aromatic heterocycles. The van der Waals surface area contributed by atoms with E-state index in [4.69, 9.17) is 0 Å². The third kappa shape index (κ3) is 3.28. The minimum Gasteiger partial charge on any atom is -0.313 e. The van der Waals surface area contributed by atoms with Crippen molar-refractivity contribution in [2.24, 2.45) is 5.41 Å². The van der Waals surface area contributed by atoms with Crippen LogP contribution in [0.5, 0.6) is 0 Å². The molecule has 1 fully saturated rings. The number of hydrogen-bond acceptors (Lipinski definition) is 4. The van der Waals surface area contributed by atoms with Gasteiger partial charge in [0, 0.05) is 22.4 Å². The summed E-state index contributed by atoms with van der Waals surface area (Å²) in [6.45, 7) is 10.1. The molecular formula is C14H24N2S2. The molecule has 1 aliphatic rings. The minimum atomic E-state index is 0.401. The Kier molecular flexibility index (Phi) is 4.73.